The normalized spacial score (nSPS) is 10.5. The molecule has 170 valence electrons. The number of likely N-dealkylation sites (N-methyl/N-ethyl adjacent to an activating group) is 1. The highest BCUT2D eigenvalue weighted by atomic mass is 35.5. The largest absolute Gasteiger partial charge is 0.448 e. The van der Waals surface area contributed by atoms with E-state index in [-0.39, 0.29) is 42.4 Å². The number of carbonyl (C=O) groups excluding carboxylic acids is 1. The Kier molecular flexibility index (Phi) is 8.86. The van der Waals surface area contributed by atoms with Crippen molar-refractivity contribution in [2.24, 2.45) is 0 Å². The number of anilines is 1. The van der Waals surface area contributed by atoms with Crippen LogP contribution in [0, 0.1) is 11.6 Å². The molecule has 0 bridgehead atoms. The van der Waals surface area contributed by atoms with E-state index in [2.05, 4.69) is 10.4 Å². The molecule has 0 aliphatic carbocycles. The molecule has 0 saturated carbocycles. The molecule has 3 rings (SSSR count). The summed E-state index contributed by atoms with van der Waals surface area (Å²) < 4.78 is 33.3. The summed E-state index contributed by atoms with van der Waals surface area (Å²) in [5.74, 6) is -1.46. The molecular formula is C22H23ClF2N4O3. The van der Waals surface area contributed by atoms with E-state index in [1.165, 1.54) is 16.8 Å². The lowest BCUT2D eigenvalue weighted by Gasteiger charge is -2.12. The summed E-state index contributed by atoms with van der Waals surface area (Å²) in [4.78, 5) is 26.0. The Morgan fingerprint density at radius 3 is 2.50 bits per heavy atom. The molecule has 0 saturated heterocycles. The molecule has 1 aromatic heterocycles. The molecule has 3 aromatic rings. The minimum absolute atomic E-state index is 0. The number of halogens is 3. The van der Waals surface area contributed by atoms with Gasteiger partial charge in [0.15, 0.2) is 0 Å². The molecule has 0 unspecified atom stereocenters. The predicted molar refractivity (Wildman–Crippen MR) is 120 cm³/mol. The SMILES string of the molecule is CN(C)CCOC(=O)Nc1cccc(Cn2nc(-c3cc(F)cc(F)c3)ccc2=O)c1.Cl. The third kappa shape index (κ3) is 7.14. The Morgan fingerprint density at radius 1 is 1.09 bits per heavy atom. The third-order valence-corrected chi connectivity index (χ3v) is 4.30. The number of carbonyl (C=O) groups is 1. The Balaban J connectivity index is 0.00000363. The number of benzene rings is 2. The van der Waals surface area contributed by atoms with Gasteiger partial charge >= 0.3 is 6.09 Å². The highest BCUT2D eigenvalue weighted by molar-refractivity contribution is 5.85. The van der Waals surface area contributed by atoms with Crippen LogP contribution in [-0.2, 0) is 11.3 Å². The molecule has 1 heterocycles. The van der Waals surface area contributed by atoms with Crippen molar-refractivity contribution in [1.82, 2.24) is 14.7 Å². The van der Waals surface area contributed by atoms with Crippen molar-refractivity contribution in [3.63, 3.8) is 0 Å². The Morgan fingerprint density at radius 2 is 1.81 bits per heavy atom. The highest BCUT2D eigenvalue weighted by Gasteiger charge is 2.09. The van der Waals surface area contributed by atoms with Crippen molar-refractivity contribution >= 4 is 24.2 Å². The Labute approximate surface area is 190 Å². The number of amides is 1. The second kappa shape index (κ2) is 11.4. The summed E-state index contributed by atoms with van der Waals surface area (Å²) in [5, 5.41) is 6.86. The first-order valence-electron chi connectivity index (χ1n) is 9.52. The van der Waals surface area contributed by atoms with E-state index in [0.717, 1.165) is 18.2 Å². The number of nitrogens with one attached hydrogen (secondary N) is 1. The monoisotopic (exact) mass is 464 g/mol. The summed E-state index contributed by atoms with van der Waals surface area (Å²) >= 11 is 0. The second-order valence-corrected chi connectivity index (χ2v) is 7.14. The van der Waals surface area contributed by atoms with E-state index < -0.39 is 17.7 Å². The lowest BCUT2D eigenvalue weighted by Crippen LogP contribution is -2.23. The van der Waals surface area contributed by atoms with Gasteiger partial charge in [0.1, 0.15) is 18.2 Å². The standard InChI is InChI=1S/C22H22F2N4O3.ClH/c1-27(2)8-9-31-22(30)25-19-5-3-4-15(10-19)14-28-21(29)7-6-20(26-28)16-11-17(23)13-18(24)12-16;/h3-7,10-13H,8-9,14H2,1-2H3,(H,25,30);1H. The van der Waals surface area contributed by atoms with Crippen LogP contribution in [0.25, 0.3) is 11.3 Å². The summed E-state index contributed by atoms with van der Waals surface area (Å²) in [6.07, 6.45) is -0.579. The molecule has 0 atom stereocenters. The lowest BCUT2D eigenvalue weighted by atomic mass is 10.1. The van der Waals surface area contributed by atoms with Gasteiger partial charge < -0.3 is 9.64 Å². The molecule has 7 nitrogen and oxygen atoms in total. The van der Waals surface area contributed by atoms with Crippen molar-refractivity contribution in [3.8, 4) is 11.3 Å². The molecule has 2 aromatic carbocycles. The first kappa shape index (κ1) is 25.0. The number of nitrogens with zero attached hydrogens (tertiary/aromatic N) is 3. The maximum absolute atomic E-state index is 13.5. The average Bonchev–Trinajstić information content (AvgIpc) is 2.69. The van der Waals surface area contributed by atoms with Crippen LogP contribution < -0.4 is 10.9 Å². The zero-order valence-corrected chi connectivity index (χ0v) is 18.4. The van der Waals surface area contributed by atoms with Gasteiger partial charge in [-0.15, -0.1) is 12.4 Å². The van der Waals surface area contributed by atoms with Crippen molar-refractivity contribution in [3.05, 3.63) is 82.1 Å². The van der Waals surface area contributed by atoms with Crippen LogP contribution in [0.15, 0.2) is 59.4 Å². The van der Waals surface area contributed by atoms with E-state index in [0.29, 0.717) is 17.8 Å². The predicted octanol–water partition coefficient (Wildman–Crippen LogP) is 3.77. The van der Waals surface area contributed by atoms with Gasteiger partial charge in [0.25, 0.3) is 5.56 Å². The molecule has 1 amide bonds. The number of rotatable bonds is 7. The second-order valence-electron chi connectivity index (χ2n) is 7.14. The third-order valence-electron chi connectivity index (χ3n) is 4.30. The Hall–Kier alpha value is -3.30. The first-order chi connectivity index (χ1) is 14.8. The van der Waals surface area contributed by atoms with Crippen LogP contribution in [0.4, 0.5) is 19.3 Å². The van der Waals surface area contributed by atoms with Gasteiger partial charge in [0.05, 0.1) is 12.2 Å². The summed E-state index contributed by atoms with van der Waals surface area (Å²) in [7, 11) is 3.75. The zero-order valence-electron chi connectivity index (χ0n) is 17.5. The average molecular weight is 465 g/mol. The minimum atomic E-state index is -0.731. The smallest absolute Gasteiger partial charge is 0.411 e. The molecule has 0 fully saturated rings. The van der Waals surface area contributed by atoms with Crippen LogP contribution in [0.1, 0.15) is 5.56 Å². The maximum Gasteiger partial charge on any atom is 0.411 e. The summed E-state index contributed by atoms with van der Waals surface area (Å²) in [6.45, 7) is 0.967. The van der Waals surface area contributed by atoms with Crippen molar-refractivity contribution in [1.29, 1.82) is 0 Å². The number of hydrogen-bond acceptors (Lipinski definition) is 5. The van der Waals surface area contributed by atoms with Crippen molar-refractivity contribution in [2.75, 3.05) is 32.6 Å². The van der Waals surface area contributed by atoms with Crippen molar-refractivity contribution < 1.29 is 18.3 Å². The van der Waals surface area contributed by atoms with Gasteiger partial charge in [-0.2, -0.15) is 5.10 Å². The molecule has 0 radical (unpaired) electrons. The fraction of sp³-hybridized carbons (Fsp3) is 0.227. The van der Waals surface area contributed by atoms with Gasteiger partial charge in [0.2, 0.25) is 0 Å². The fourth-order valence-electron chi connectivity index (χ4n) is 2.81. The zero-order chi connectivity index (χ0) is 22.4. The van der Waals surface area contributed by atoms with Gasteiger partial charge in [-0.3, -0.25) is 10.1 Å². The minimum Gasteiger partial charge on any atom is -0.448 e. The molecule has 1 N–H and O–H groups in total. The molecule has 0 spiro atoms. The first-order valence-corrected chi connectivity index (χ1v) is 9.52. The molecule has 10 heteroatoms. The number of hydrogen-bond donors (Lipinski definition) is 1. The fourth-order valence-corrected chi connectivity index (χ4v) is 2.81. The maximum atomic E-state index is 13.5. The van der Waals surface area contributed by atoms with Crippen LogP contribution >= 0.6 is 12.4 Å². The van der Waals surface area contributed by atoms with Gasteiger partial charge in [-0.05, 0) is 50.0 Å². The highest BCUT2D eigenvalue weighted by Crippen LogP contribution is 2.19. The number of aromatic nitrogens is 2. The lowest BCUT2D eigenvalue weighted by molar-refractivity contribution is 0.151. The van der Waals surface area contributed by atoms with E-state index in [9.17, 15) is 18.4 Å². The van der Waals surface area contributed by atoms with Crippen LogP contribution in [-0.4, -0.2) is 48.0 Å². The molecule has 0 aliphatic rings. The van der Waals surface area contributed by atoms with Crippen LogP contribution in [0.5, 0.6) is 0 Å². The number of ether oxygens (including phenoxy) is 1. The van der Waals surface area contributed by atoms with E-state index in [4.69, 9.17) is 4.74 Å². The van der Waals surface area contributed by atoms with Crippen LogP contribution in [0.3, 0.4) is 0 Å². The molecular weight excluding hydrogens is 442 g/mol. The molecule has 32 heavy (non-hydrogen) atoms. The molecule has 0 aliphatic heterocycles. The van der Waals surface area contributed by atoms with Crippen molar-refractivity contribution in [2.45, 2.75) is 6.54 Å². The summed E-state index contributed by atoms with van der Waals surface area (Å²) in [6, 6.07) is 12.6. The van der Waals surface area contributed by atoms with Gasteiger partial charge in [-0.1, -0.05) is 12.1 Å². The van der Waals surface area contributed by atoms with E-state index in [1.807, 2.05) is 19.0 Å². The Bertz CT molecular complexity index is 1120. The summed E-state index contributed by atoms with van der Waals surface area (Å²) in [5.41, 5.74) is 1.31. The topological polar surface area (TPSA) is 76.5 Å². The van der Waals surface area contributed by atoms with Crippen LogP contribution in [0.2, 0.25) is 0 Å². The van der Waals surface area contributed by atoms with Gasteiger partial charge in [-0.25, -0.2) is 18.3 Å². The quantitative estimate of drug-likeness (QED) is 0.576. The van der Waals surface area contributed by atoms with E-state index >= 15 is 0 Å². The van der Waals surface area contributed by atoms with E-state index in [1.54, 1.807) is 24.3 Å². The van der Waals surface area contributed by atoms with Gasteiger partial charge in [0, 0.05) is 29.9 Å².